The Hall–Kier alpha value is -0.0400. The van der Waals surface area contributed by atoms with E-state index in [0.29, 0.717) is 0 Å². The van der Waals surface area contributed by atoms with Gasteiger partial charge in [0.25, 0.3) is 0 Å². The van der Waals surface area contributed by atoms with Crippen LogP contribution in [0.15, 0.2) is 0 Å². The lowest BCUT2D eigenvalue weighted by Gasteiger charge is -2.33. The van der Waals surface area contributed by atoms with Crippen LogP contribution in [0.25, 0.3) is 0 Å². The number of nitrogens with one attached hydrogen (secondary N) is 1. The molecule has 1 aliphatic rings. The topological polar surface area (TPSA) is 12.0 Å². The first-order valence-electron chi connectivity index (χ1n) is 11.5. The van der Waals surface area contributed by atoms with Crippen molar-refractivity contribution in [3.8, 4) is 0 Å². The van der Waals surface area contributed by atoms with Crippen molar-refractivity contribution in [1.29, 1.82) is 0 Å². The molecule has 1 nitrogen and oxygen atoms in total. The van der Waals surface area contributed by atoms with Crippen LogP contribution in [0.2, 0.25) is 0 Å². The van der Waals surface area contributed by atoms with E-state index in [4.69, 9.17) is 0 Å². The van der Waals surface area contributed by atoms with Gasteiger partial charge < -0.3 is 5.32 Å². The Bertz CT molecular complexity index is 322. The molecule has 1 fully saturated rings. The molecule has 0 radical (unpaired) electrons. The van der Waals surface area contributed by atoms with E-state index < -0.39 is 0 Å². The molecule has 1 aliphatic carbocycles. The summed E-state index contributed by atoms with van der Waals surface area (Å²) in [5, 5.41) is 3.41. The molecule has 0 spiro atoms. The summed E-state index contributed by atoms with van der Waals surface area (Å²) in [6.45, 7) is 15.9. The average molecular weight is 352 g/mol. The first-order valence-corrected chi connectivity index (χ1v) is 11.5. The Labute approximate surface area is 160 Å². The molecular weight excluding hydrogens is 302 g/mol. The normalized spacial score (nSPS) is 22.7. The lowest BCUT2D eigenvalue weighted by molar-refractivity contribution is 0.178. The van der Waals surface area contributed by atoms with Crippen LogP contribution in [0.3, 0.4) is 0 Å². The largest absolute Gasteiger partial charge is 0.319 e. The van der Waals surface area contributed by atoms with E-state index in [2.05, 4.69) is 53.9 Å². The highest BCUT2D eigenvalue weighted by molar-refractivity contribution is 4.78. The van der Waals surface area contributed by atoms with Crippen LogP contribution in [0.5, 0.6) is 0 Å². The second-order valence-electron chi connectivity index (χ2n) is 9.87. The van der Waals surface area contributed by atoms with Gasteiger partial charge >= 0.3 is 0 Å². The summed E-state index contributed by atoms with van der Waals surface area (Å²) in [6, 6.07) is 0. The van der Waals surface area contributed by atoms with Crippen LogP contribution in [0, 0.1) is 41.4 Å². The van der Waals surface area contributed by atoms with Gasteiger partial charge in [0, 0.05) is 0 Å². The van der Waals surface area contributed by atoms with E-state index in [-0.39, 0.29) is 0 Å². The van der Waals surface area contributed by atoms with Gasteiger partial charge in [-0.15, -0.1) is 0 Å². The van der Waals surface area contributed by atoms with Crippen molar-refractivity contribution >= 4 is 0 Å². The molecule has 6 unspecified atom stereocenters. The molecule has 6 atom stereocenters. The van der Waals surface area contributed by atoms with Gasteiger partial charge in [-0.05, 0) is 67.9 Å². The van der Waals surface area contributed by atoms with E-state index >= 15 is 0 Å². The molecule has 0 bridgehead atoms. The first kappa shape index (κ1) is 23.0. The molecule has 0 aromatic rings. The Kier molecular flexibility index (Phi) is 11.4. The minimum atomic E-state index is 0.796. The molecule has 25 heavy (non-hydrogen) atoms. The van der Waals surface area contributed by atoms with Crippen molar-refractivity contribution in [3.05, 3.63) is 0 Å². The maximum Gasteiger partial charge on any atom is -0.00234 e. The van der Waals surface area contributed by atoms with Crippen molar-refractivity contribution in [3.63, 3.8) is 0 Å². The molecule has 1 heteroatoms. The van der Waals surface area contributed by atoms with Crippen molar-refractivity contribution in [1.82, 2.24) is 5.32 Å². The van der Waals surface area contributed by atoms with Crippen molar-refractivity contribution in [2.45, 2.75) is 99.3 Å². The van der Waals surface area contributed by atoms with Gasteiger partial charge in [0.2, 0.25) is 0 Å². The molecular formula is C24H49N. The number of hydrogen-bond acceptors (Lipinski definition) is 1. The summed E-state index contributed by atoms with van der Waals surface area (Å²) < 4.78 is 0. The Morgan fingerprint density at radius 1 is 0.880 bits per heavy atom. The van der Waals surface area contributed by atoms with Crippen LogP contribution >= 0.6 is 0 Å². The van der Waals surface area contributed by atoms with Crippen LogP contribution in [0.4, 0.5) is 0 Å². The van der Waals surface area contributed by atoms with Crippen molar-refractivity contribution in [2.24, 2.45) is 41.4 Å². The molecule has 1 saturated carbocycles. The lowest BCUT2D eigenvalue weighted by Crippen LogP contribution is -2.29. The summed E-state index contributed by atoms with van der Waals surface area (Å²) in [5.74, 6) is 6.36. The van der Waals surface area contributed by atoms with Crippen LogP contribution in [0.1, 0.15) is 99.3 Å². The Morgan fingerprint density at radius 3 is 2.08 bits per heavy atom. The Morgan fingerprint density at radius 2 is 1.56 bits per heavy atom. The maximum absolute atomic E-state index is 3.41. The summed E-state index contributed by atoms with van der Waals surface area (Å²) in [4.78, 5) is 0. The molecule has 1 N–H and O–H groups in total. The fourth-order valence-electron chi connectivity index (χ4n) is 5.09. The predicted molar refractivity (Wildman–Crippen MR) is 114 cm³/mol. The molecule has 0 aliphatic heterocycles. The van der Waals surface area contributed by atoms with E-state index in [0.717, 1.165) is 41.4 Å². The quantitative estimate of drug-likeness (QED) is 0.350. The molecule has 0 saturated heterocycles. The molecule has 0 heterocycles. The molecule has 0 amide bonds. The molecule has 1 rings (SSSR count). The number of hydrogen-bond donors (Lipinski definition) is 1. The minimum absolute atomic E-state index is 0.796. The van der Waals surface area contributed by atoms with Gasteiger partial charge in [-0.1, -0.05) is 86.5 Å². The van der Waals surface area contributed by atoms with Crippen LogP contribution in [-0.4, -0.2) is 13.6 Å². The first-order chi connectivity index (χ1) is 11.9. The third-order valence-corrected chi connectivity index (χ3v) is 7.44. The maximum atomic E-state index is 3.41. The second-order valence-corrected chi connectivity index (χ2v) is 9.87. The Balaban J connectivity index is 2.34. The zero-order valence-corrected chi connectivity index (χ0v) is 18.6. The van der Waals surface area contributed by atoms with Gasteiger partial charge in [-0.3, -0.25) is 0 Å². The third-order valence-electron chi connectivity index (χ3n) is 7.44. The van der Waals surface area contributed by atoms with Gasteiger partial charge in [0.05, 0.1) is 0 Å². The van der Waals surface area contributed by atoms with E-state index in [1.807, 2.05) is 0 Å². The highest BCUT2D eigenvalue weighted by Crippen LogP contribution is 2.37. The standard InChI is InChI=1S/C24H49N/c1-8-18(2)16-24(22(6)17-25-7)20(4)12-9-11-19(3)15-21(5)23-13-10-14-23/h18-25H,8-17H2,1-7H3. The molecule has 150 valence electrons. The van der Waals surface area contributed by atoms with E-state index in [1.54, 1.807) is 0 Å². The fourth-order valence-corrected chi connectivity index (χ4v) is 5.09. The number of rotatable bonds is 14. The van der Waals surface area contributed by atoms with Gasteiger partial charge in [-0.2, -0.15) is 0 Å². The van der Waals surface area contributed by atoms with Crippen molar-refractivity contribution in [2.75, 3.05) is 13.6 Å². The highest BCUT2D eigenvalue weighted by atomic mass is 14.8. The summed E-state index contributed by atoms with van der Waals surface area (Å²) in [6.07, 6.45) is 13.0. The van der Waals surface area contributed by atoms with Crippen LogP contribution < -0.4 is 5.32 Å². The van der Waals surface area contributed by atoms with Gasteiger partial charge in [0.15, 0.2) is 0 Å². The van der Waals surface area contributed by atoms with Gasteiger partial charge in [-0.25, -0.2) is 0 Å². The van der Waals surface area contributed by atoms with Gasteiger partial charge in [0.1, 0.15) is 0 Å². The summed E-state index contributed by atoms with van der Waals surface area (Å²) in [7, 11) is 2.10. The van der Waals surface area contributed by atoms with Crippen LogP contribution in [-0.2, 0) is 0 Å². The summed E-state index contributed by atoms with van der Waals surface area (Å²) >= 11 is 0. The second kappa shape index (κ2) is 12.4. The monoisotopic (exact) mass is 351 g/mol. The average Bonchev–Trinajstić information content (AvgIpc) is 2.50. The van der Waals surface area contributed by atoms with E-state index in [9.17, 15) is 0 Å². The summed E-state index contributed by atoms with van der Waals surface area (Å²) in [5.41, 5.74) is 0. The third kappa shape index (κ3) is 8.46. The highest BCUT2D eigenvalue weighted by Gasteiger charge is 2.26. The zero-order valence-electron chi connectivity index (χ0n) is 18.6. The zero-order chi connectivity index (χ0) is 18.8. The van der Waals surface area contributed by atoms with E-state index in [1.165, 1.54) is 64.3 Å². The predicted octanol–water partition coefficient (Wildman–Crippen LogP) is 7.16. The smallest absolute Gasteiger partial charge is 0.00234 e. The molecule has 0 aromatic heterocycles. The minimum Gasteiger partial charge on any atom is -0.319 e. The lowest BCUT2D eigenvalue weighted by atomic mass is 9.73. The molecule has 0 aromatic carbocycles. The SMILES string of the molecule is CCC(C)CC(C(C)CCCC(C)CC(C)C1CCC1)C(C)CNC. The fraction of sp³-hybridized carbons (Fsp3) is 1.00. The van der Waals surface area contributed by atoms with Crippen molar-refractivity contribution < 1.29 is 0 Å².